The van der Waals surface area contributed by atoms with Gasteiger partial charge in [-0.15, -0.1) is 0 Å². The molecule has 3 heteroatoms. The van der Waals surface area contributed by atoms with Crippen LogP contribution in [0.2, 0.25) is 0 Å². The molecule has 0 aromatic heterocycles. The van der Waals surface area contributed by atoms with E-state index in [1.807, 2.05) is 0 Å². The van der Waals surface area contributed by atoms with E-state index < -0.39 is 0 Å². The van der Waals surface area contributed by atoms with E-state index in [1.54, 1.807) is 0 Å². The van der Waals surface area contributed by atoms with Crippen LogP contribution < -0.4 is 6.15 Å². The van der Waals surface area contributed by atoms with Crippen LogP contribution in [0, 0.1) is 7.43 Å². The molecule has 0 amide bonds. The second-order valence-electron chi connectivity index (χ2n) is 0. The summed E-state index contributed by atoms with van der Waals surface area (Å²) < 4.78 is 0. The summed E-state index contributed by atoms with van der Waals surface area (Å²) in [4.78, 5) is 0. The molecule has 0 aromatic rings. The normalized spacial score (nSPS) is 0. The first-order chi connectivity index (χ1) is 0. The summed E-state index contributed by atoms with van der Waals surface area (Å²) in [7, 11) is 0. The Morgan fingerprint density at radius 3 is 1.00 bits per heavy atom. The van der Waals surface area contributed by atoms with E-state index in [0.29, 0.717) is 0 Å². The molecule has 4 heavy (non-hydrogen) atoms. The van der Waals surface area contributed by atoms with Gasteiger partial charge in [0.05, 0.1) is 0 Å². The van der Waals surface area contributed by atoms with Crippen LogP contribution in [0.25, 0.3) is 0 Å². The zero-order chi connectivity index (χ0) is 0. The third-order valence-electron chi connectivity index (χ3n) is 0. The molecule has 0 aromatic carbocycles. The minimum absolute atomic E-state index is 0. The van der Waals surface area contributed by atoms with Crippen molar-refractivity contribution in [3.05, 3.63) is 7.43 Å². The van der Waals surface area contributed by atoms with Gasteiger partial charge >= 0.3 is 0 Å². The van der Waals surface area contributed by atoms with Gasteiger partial charge in [0, 0.05) is 50.1 Å². The second-order valence-corrected chi connectivity index (χ2v) is 0. The summed E-state index contributed by atoms with van der Waals surface area (Å²) >= 11 is 0. The van der Waals surface area contributed by atoms with Crippen LogP contribution in [-0.4, -0.2) is 0 Å². The molecule has 0 N–H and O–H groups in total. The molecule has 0 aliphatic rings. The predicted octanol–water partition coefficient (Wildman–Crippen LogP) is -0.404. The van der Waals surface area contributed by atoms with Gasteiger partial charge in [-0.3, -0.25) is 0 Å². The number of nitrogens with zero attached hydrogens (tertiary/aromatic N) is 1. The number of hydrogen-bond acceptors (Lipinski definition) is 0. The van der Waals surface area contributed by atoms with Crippen LogP contribution in [0.15, 0.2) is 0 Å². The SMILES string of the molecule is [C].[Fe].[N].[Zn]. The Labute approximate surface area is 50.4 Å². The van der Waals surface area contributed by atoms with Gasteiger partial charge in [0.25, 0.3) is 0 Å². The van der Waals surface area contributed by atoms with Crippen molar-refractivity contribution in [1.82, 2.24) is 6.15 Å². The van der Waals surface area contributed by atoms with E-state index in [0.717, 1.165) is 0 Å². The largest absolute Gasteiger partial charge is 0 e. The fourth-order valence-electron chi connectivity index (χ4n) is 0. The van der Waals surface area contributed by atoms with Crippen molar-refractivity contribution in [3.8, 4) is 0 Å². The van der Waals surface area contributed by atoms with Crippen molar-refractivity contribution in [2.75, 3.05) is 0 Å². The Kier molecular flexibility index (Phi) is 573. The first-order valence-corrected chi connectivity index (χ1v) is 0. The summed E-state index contributed by atoms with van der Waals surface area (Å²) in [6.07, 6.45) is 0. The van der Waals surface area contributed by atoms with Crippen LogP contribution in [0.1, 0.15) is 0 Å². The summed E-state index contributed by atoms with van der Waals surface area (Å²) in [5, 5.41) is 0. The first-order valence-electron chi connectivity index (χ1n) is 0. The Morgan fingerprint density at radius 2 is 1.00 bits per heavy atom. The zero-order valence-corrected chi connectivity index (χ0v) is 6.08. The standard InChI is InChI=1S/C.Fe.N.Zn. The predicted molar refractivity (Wildman–Crippen MR) is 5.38 cm³/mol. The van der Waals surface area contributed by atoms with Crippen LogP contribution in [0.4, 0.5) is 0 Å². The van der Waals surface area contributed by atoms with Crippen molar-refractivity contribution < 1.29 is 36.5 Å². The summed E-state index contributed by atoms with van der Waals surface area (Å²) in [5.41, 5.74) is 0. The molecular formula is CFeNZn. The van der Waals surface area contributed by atoms with E-state index >= 15 is 0 Å². The average Bonchev–Trinajstić information content (AvgIpc) is 0. The maximum Gasteiger partial charge on any atom is 0 e. The molecule has 0 saturated heterocycles. The number of hydrogen-bond donors (Lipinski definition) is 0. The van der Waals surface area contributed by atoms with Crippen LogP contribution in [-0.2, 0) is 36.5 Å². The molecule has 19 valence electrons. The van der Waals surface area contributed by atoms with E-state index in [-0.39, 0.29) is 50.1 Å². The van der Waals surface area contributed by atoms with Gasteiger partial charge in [0.15, 0.2) is 0 Å². The van der Waals surface area contributed by atoms with E-state index in [4.69, 9.17) is 0 Å². The van der Waals surface area contributed by atoms with Crippen LogP contribution >= 0.6 is 0 Å². The van der Waals surface area contributed by atoms with Gasteiger partial charge in [-0.1, -0.05) is 0 Å². The Bertz CT molecular complexity index is 8.00. The summed E-state index contributed by atoms with van der Waals surface area (Å²) in [5.74, 6) is 0. The molecule has 0 aliphatic carbocycles. The van der Waals surface area contributed by atoms with Crippen molar-refractivity contribution in [3.63, 3.8) is 0 Å². The van der Waals surface area contributed by atoms with Gasteiger partial charge < -0.3 is 0 Å². The maximum atomic E-state index is 0. The van der Waals surface area contributed by atoms with E-state index in [9.17, 15) is 0 Å². The summed E-state index contributed by atoms with van der Waals surface area (Å²) in [6.45, 7) is 0. The van der Waals surface area contributed by atoms with Crippen molar-refractivity contribution in [2.24, 2.45) is 0 Å². The van der Waals surface area contributed by atoms with Crippen LogP contribution in [0.3, 0.4) is 0 Å². The minimum atomic E-state index is 0. The molecule has 0 rings (SSSR count). The fourth-order valence-corrected chi connectivity index (χ4v) is 0. The average molecular weight is 147 g/mol. The van der Waals surface area contributed by atoms with E-state index in [2.05, 4.69) is 0 Å². The first kappa shape index (κ1) is 70.6. The molecule has 0 heterocycles. The van der Waals surface area contributed by atoms with Gasteiger partial charge in [0.2, 0.25) is 0 Å². The molecule has 0 unspecified atom stereocenters. The molecule has 0 bridgehead atoms. The van der Waals surface area contributed by atoms with E-state index in [1.165, 1.54) is 0 Å². The second kappa shape index (κ2) is 32.5. The fraction of sp³-hybridized carbons (Fsp3) is 0. The van der Waals surface area contributed by atoms with Crippen LogP contribution in [0.5, 0.6) is 0 Å². The van der Waals surface area contributed by atoms with Crippen molar-refractivity contribution in [1.29, 1.82) is 0 Å². The molecule has 7 radical (unpaired) electrons. The maximum absolute atomic E-state index is 0. The smallest absolute Gasteiger partial charge is 0 e. The molecule has 0 saturated carbocycles. The quantitative estimate of drug-likeness (QED) is 0.417. The Morgan fingerprint density at radius 1 is 1.00 bits per heavy atom. The van der Waals surface area contributed by atoms with Crippen molar-refractivity contribution >= 4 is 0 Å². The molecule has 0 fully saturated rings. The van der Waals surface area contributed by atoms with Gasteiger partial charge in [-0.05, 0) is 0 Å². The Hall–Kier alpha value is 1.10. The third kappa shape index (κ3) is 11.3. The molecule has 1 nitrogen and oxygen atoms in total. The molecular weight excluding hydrogens is 147 g/mol. The number of rotatable bonds is 0. The molecule has 0 aliphatic heterocycles. The molecule has 0 atom stereocenters. The topological polar surface area (TPSA) is 30.5 Å². The van der Waals surface area contributed by atoms with Crippen molar-refractivity contribution in [2.45, 2.75) is 0 Å². The third-order valence-corrected chi connectivity index (χ3v) is 0. The van der Waals surface area contributed by atoms with Gasteiger partial charge in [-0.2, -0.15) is 0 Å². The molecule has 0 spiro atoms. The minimum Gasteiger partial charge on any atom is 0 e. The monoisotopic (exact) mass is 146 g/mol. The summed E-state index contributed by atoms with van der Waals surface area (Å²) in [6, 6.07) is 0. The Balaban J connectivity index is 0. The van der Waals surface area contributed by atoms with Gasteiger partial charge in [-0.25, -0.2) is 0 Å². The van der Waals surface area contributed by atoms with Gasteiger partial charge in [0.1, 0.15) is 0 Å². The zero-order valence-electron chi connectivity index (χ0n) is 2.01.